The maximum absolute atomic E-state index is 10.5. The molecule has 4 rings (SSSR count). The van der Waals surface area contributed by atoms with Crippen LogP contribution in [0.3, 0.4) is 0 Å². The standard InChI is InChI=1S/C19H32O2/c1-18-9-7-13(20)11-12(18)3-4-14-15-5-6-17(21)19(15,2)10-8-16(14)18/h12-17,20-21H,3-11H2,1-2H3/t12-,13-,14+,15-,16+,17-,18-,19+/m1/s1. The van der Waals surface area contributed by atoms with Crippen LogP contribution in [0, 0.1) is 34.5 Å². The zero-order chi connectivity index (χ0) is 14.8. The highest BCUT2D eigenvalue weighted by atomic mass is 16.3. The van der Waals surface area contributed by atoms with Crippen LogP contribution in [0.15, 0.2) is 0 Å². The van der Waals surface area contributed by atoms with Crippen molar-refractivity contribution in [3.63, 3.8) is 0 Å². The third kappa shape index (κ3) is 1.91. The average Bonchev–Trinajstić information content (AvgIpc) is 2.76. The van der Waals surface area contributed by atoms with Crippen LogP contribution in [0.5, 0.6) is 0 Å². The minimum absolute atomic E-state index is 0.0400. The van der Waals surface area contributed by atoms with E-state index in [9.17, 15) is 10.2 Å². The van der Waals surface area contributed by atoms with Crippen molar-refractivity contribution in [2.75, 3.05) is 0 Å². The fraction of sp³-hybridized carbons (Fsp3) is 1.00. The predicted molar refractivity (Wildman–Crippen MR) is 83.7 cm³/mol. The fourth-order valence-corrected chi connectivity index (χ4v) is 7.21. The molecule has 0 radical (unpaired) electrons. The van der Waals surface area contributed by atoms with Gasteiger partial charge in [0.1, 0.15) is 0 Å². The van der Waals surface area contributed by atoms with Crippen LogP contribution >= 0.6 is 0 Å². The lowest BCUT2D eigenvalue weighted by atomic mass is 9.45. The number of hydrogen-bond donors (Lipinski definition) is 2. The molecule has 0 bridgehead atoms. The quantitative estimate of drug-likeness (QED) is 0.714. The van der Waals surface area contributed by atoms with Gasteiger partial charge in [-0.2, -0.15) is 0 Å². The van der Waals surface area contributed by atoms with E-state index in [2.05, 4.69) is 13.8 Å². The van der Waals surface area contributed by atoms with Crippen LogP contribution in [-0.4, -0.2) is 22.4 Å². The first kappa shape index (κ1) is 14.5. The molecule has 2 N–H and O–H groups in total. The van der Waals surface area contributed by atoms with Crippen molar-refractivity contribution < 1.29 is 10.2 Å². The Bertz CT molecular complexity index is 422. The fourth-order valence-electron chi connectivity index (χ4n) is 7.21. The van der Waals surface area contributed by atoms with Gasteiger partial charge in [0.2, 0.25) is 0 Å². The Morgan fingerprint density at radius 1 is 0.762 bits per heavy atom. The van der Waals surface area contributed by atoms with E-state index in [-0.39, 0.29) is 17.6 Å². The van der Waals surface area contributed by atoms with E-state index in [0.717, 1.165) is 42.9 Å². The van der Waals surface area contributed by atoms with Crippen LogP contribution < -0.4 is 0 Å². The zero-order valence-electron chi connectivity index (χ0n) is 13.7. The lowest BCUT2D eigenvalue weighted by Crippen LogP contribution is -2.54. The van der Waals surface area contributed by atoms with Gasteiger partial charge in [0.05, 0.1) is 12.2 Å². The highest BCUT2D eigenvalue weighted by Gasteiger charge is 2.59. The number of aliphatic hydroxyl groups is 2. The molecule has 2 nitrogen and oxygen atoms in total. The zero-order valence-corrected chi connectivity index (χ0v) is 13.7. The summed E-state index contributed by atoms with van der Waals surface area (Å²) in [5.41, 5.74) is 0.676. The van der Waals surface area contributed by atoms with E-state index in [1.807, 2.05) is 0 Å². The molecule has 0 heterocycles. The second-order valence-electron chi connectivity index (χ2n) is 9.22. The molecule has 0 unspecified atom stereocenters. The van der Waals surface area contributed by atoms with Gasteiger partial charge in [0.25, 0.3) is 0 Å². The second-order valence-corrected chi connectivity index (χ2v) is 9.22. The topological polar surface area (TPSA) is 40.5 Å². The highest BCUT2D eigenvalue weighted by molar-refractivity contribution is 5.09. The number of fused-ring (bicyclic) bond motifs is 5. The molecule has 0 aromatic heterocycles. The molecule has 0 saturated heterocycles. The van der Waals surface area contributed by atoms with Gasteiger partial charge in [-0.05, 0) is 92.3 Å². The SMILES string of the molecule is C[C@]12CC[C@H]3[C@@H](CC[C@@H]4C[C@H](O)CC[C@]43C)[C@H]1CC[C@H]2O. The molecular weight excluding hydrogens is 260 g/mol. The van der Waals surface area contributed by atoms with Gasteiger partial charge >= 0.3 is 0 Å². The molecular formula is C19H32O2. The van der Waals surface area contributed by atoms with Crippen molar-refractivity contribution in [2.24, 2.45) is 34.5 Å². The van der Waals surface area contributed by atoms with Crippen molar-refractivity contribution in [2.45, 2.75) is 83.8 Å². The Hall–Kier alpha value is -0.0800. The Morgan fingerprint density at radius 3 is 2.29 bits per heavy atom. The molecule has 0 amide bonds. The first-order valence-corrected chi connectivity index (χ1v) is 9.31. The van der Waals surface area contributed by atoms with Crippen LogP contribution in [0.4, 0.5) is 0 Å². The van der Waals surface area contributed by atoms with Crippen LogP contribution in [0.1, 0.15) is 71.6 Å². The lowest BCUT2D eigenvalue weighted by molar-refractivity contribution is -0.133. The van der Waals surface area contributed by atoms with Crippen molar-refractivity contribution in [1.82, 2.24) is 0 Å². The van der Waals surface area contributed by atoms with E-state index in [1.165, 1.54) is 38.5 Å². The van der Waals surface area contributed by atoms with Crippen molar-refractivity contribution in [1.29, 1.82) is 0 Å². The molecule has 4 fully saturated rings. The minimum atomic E-state index is -0.0536. The molecule has 0 aliphatic heterocycles. The summed E-state index contributed by atoms with van der Waals surface area (Å²) in [6, 6.07) is 0. The molecule has 21 heavy (non-hydrogen) atoms. The third-order valence-electron chi connectivity index (χ3n) is 8.59. The molecule has 4 aliphatic rings. The maximum atomic E-state index is 10.5. The Kier molecular flexibility index (Phi) is 3.25. The molecule has 0 spiro atoms. The molecule has 8 atom stereocenters. The monoisotopic (exact) mass is 292 g/mol. The number of hydrogen-bond acceptors (Lipinski definition) is 2. The smallest absolute Gasteiger partial charge is 0.0596 e. The van der Waals surface area contributed by atoms with Gasteiger partial charge in [-0.25, -0.2) is 0 Å². The van der Waals surface area contributed by atoms with Crippen LogP contribution in [0.25, 0.3) is 0 Å². The van der Waals surface area contributed by atoms with E-state index < -0.39 is 0 Å². The van der Waals surface area contributed by atoms with Gasteiger partial charge in [-0.3, -0.25) is 0 Å². The molecule has 0 aromatic carbocycles. The van der Waals surface area contributed by atoms with Crippen molar-refractivity contribution >= 4 is 0 Å². The van der Waals surface area contributed by atoms with E-state index in [0.29, 0.717) is 5.41 Å². The normalized spacial score (nSPS) is 60.0. The van der Waals surface area contributed by atoms with E-state index in [4.69, 9.17) is 0 Å². The average molecular weight is 292 g/mol. The van der Waals surface area contributed by atoms with E-state index in [1.54, 1.807) is 0 Å². The highest BCUT2D eigenvalue weighted by Crippen LogP contribution is 2.66. The summed E-state index contributed by atoms with van der Waals surface area (Å²) in [4.78, 5) is 0. The van der Waals surface area contributed by atoms with Crippen LogP contribution in [0.2, 0.25) is 0 Å². The summed E-state index contributed by atoms with van der Waals surface area (Å²) in [6.45, 7) is 4.90. The van der Waals surface area contributed by atoms with Gasteiger partial charge < -0.3 is 10.2 Å². The summed E-state index contributed by atoms with van der Waals surface area (Å²) in [7, 11) is 0. The van der Waals surface area contributed by atoms with Crippen molar-refractivity contribution in [3.05, 3.63) is 0 Å². The van der Waals surface area contributed by atoms with Crippen molar-refractivity contribution in [3.8, 4) is 0 Å². The van der Waals surface area contributed by atoms with Gasteiger partial charge in [-0.15, -0.1) is 0 Å². The summed E-state index contributed by atoms with van der Waals surface area (Å²) < 4.78 is 0. The van der Waals surface area contributed by atoms with E-state index >= 15 is 0 Å². The Morgan fingerprint density at radius 2 is 1.48 bits per heavy atom. The van der Waals surface area contributed by atoms with Gasteiger partial charge in [0.15, 0.2) is 0 Å². The summed E-state index contributed by atoms with van der Waals surface area (Å²) in [6.07, 6.45) is 10.7. The first-order chi connectivity index (χ1) is 9.95. The molecule has 120 valence electrons. The molecule has 2 heteroatoms. The lowest BCUT2D eigenvalue weighted by Gasteiger charge is -2.60. The summed E-state index contributed by atoms with van der Waals surface area (Å²) in [5, 5.41) is 20.5. The Labute approximate surface area is 129 Å². The summed E-state index contributed by atoms with van der Waals surface area (Å²) in [5.74, 6) is 3.21. The minimum Gasteiger partial charge on any atom is -0.393 e. The first-order valence-electron chi connectivity index (χ1n) is 9.31. The predicted octanol–water partition coefficient (Wildman–Crippen LogP) is 3.75. The molecule has 0 aromatic rings. The molecule has 4 aliphatic carbocycles. The molecule has 4 saturated carbocycles. The second kappa shape index (κ2) is 4.71. The van der Waals surface area contributed by atoms with Gasteiger partial charge in [0, 0.05) is 0 Å². The van der Waals surface area contributed by atoms with Crippen LogP contribution in [-0.2, 0) is 0 Å². The Balaban J connectivity index is 1.62. The van der Waals surface area contributed by atoms with Gasteiger partial charge in [-0.1, -0.05) is 13.8 Å². The summed E-state index contributed by atoms with van der Waals surface area (Å²) >= 11 is 0. The third-order valence-corrected chi connectivity index (χ3v) is 8.59. The largest absolute Gasteiger partial charge is 0.393 e. The number of aliphatic hydroxyl groups excluding tert-OH is 2. The number of rotatable bonds is 0. The maximum Gasteiger partial charge on any atom is 0.0596 e.